The molecule has 2 rings (SSSR count). The van der Waals surface area contributed by atoms with Gasteiger partial charge in [-0.15, -0.1) is 0 Å². The van der Waals surface area contributed by atoms with Crippen molar-refractivity contribution < 1.29 is 14.3 Å². The molecule has 1 atom stereocenters. The molecular formula is C13H13ClN4O3S. The zero-order valence-corrected chi connectivity index (χ0v) is 13.4. The number of hydrogen-bond acceptors (Lipinski definition) is 7. The van der Waals surface area contributed by atoms with E-state index in [1.807, 2.05) is 0 Å². The van der Waals surface area contributed by atoms with E-state index in [0.29, 0.717) is 16.5 Å². The van der Waals surface area contributed by atoms with Crippen LogP contribution < -0.4 is 11.1 Å². The second kappa shape index (κ2) is 6.71. The Balaban J connectivity index is 1.99. The number of halogens is 1. The van der Waals surface area contributed by atoms with Gasteiger partial charge in [0.25, 0.3) is 5.91 Å². The number of nitrogens with one attached hydrogen (secondary N) is 1. The van der Waals surface area contributed by atoms with Gasteiger partial charge in [0.2, 0.25) is 0 Å². The molecule has 22 heavy (non-hydrogen) atoms. The highest BCUT2D eigenvalue weighted by Crippen LogP contribution is 2.22. The van der Waals surface area contributed by atoms with Crippen LogP contribution in [0.2, 0.25) is 5.02 Å². The van der Waals surface area contributed by atoms with Crippen molar-refractivity contribution in [3.05, 3.63) is 34.6 Å². The first-order valence-electron chi connectivity index (χ1n) is 6.23. The topological polar surface area (TPSA) is 107 Å². The van der Waals surface area contributed by atoms with Gasteiger partial charge in [-0.2, -0.15) is 4.37 Å². The van der Waals surface area contributed by atoms with Crippen molar-refractivity contribution in [3.8, 4) is 0 Å². The van der Waals surface area contributed by atoms with Gasteiger partial charge >= 0.3 is 5.97 Å². The summed E-state index contributed by atoms with van der Waals surface area (Å²) in [5.41, 5.74) is 6.32. The van der Waals surface area contributed by atoms with Gasteiger partial charge in [-0.25, -0.2) is 9.78 Å². The molecule has 116 valence electrons. The van der Waals surface area contributed by atoms with E-state index in [9.17, 15) is 9.59 Å². The number of ether oxygens (including phenoxy) is 1. The maximum Gasteiger partial charge on any atom is 0.343 e. The lowest BCUT2D eigenvalue weighted by Crippen LogP contribution is -2.30. The fraction of sp³-hybridized carbons (Fsp3) is 0.231. The zero-order chi connectivity index (χ0) is 16.3. The predicted molar refractivity (Wildman–Crippen MR) is 84.0 cm³/mol. The Hall–Kier alpha value is -2.19. The maximum absolute atomic E-state index is 12.0. The van der Waals surface area contributed by atoms with Gasteiger partial charge in [0.15, 0.2) is 6.10 Å². The largest absolute Gasteiger partial charge is 0.449 e. The van der Waals surface area contributed by atoms with Crippen LogP contribution in [0.5, 0.6) is 0 Å². The van der Waals surface area contributed by atoms with E-state index in [1.54, 1.807) is 19.1 Å². The highest BCUT2D eigenvalue weighted by atomic mass is 35.5. The molecule has 2 aromatic heterocycles. The van der Waals surface area contributed by atoms with Crippen molar-refractivity contribution >= 4 is 45.8 Å². The summed E-state index contributed by atoms with van der Waals surface area (Å²) in [5.74, 6) is -0.886. The number of carbonyl (C=O) groups is 2. The molecule has 0 saturated heterocycles. The maximum atomic E-state index is 12.0. The lowest BCUT2D eigenvalue weighted by atomic mass is 10.2. The second-order valence-corrected chi connectivity index (χ2v) is 5.65. The molecule has 0 radical (unpaired) electrons. The number of rotatable bonds is 4. The third-order valence-corrected chi connectivity index (χ3v) is 3.71. The number of nitrogen functional groups attached to an aromatic ring is 1. The third kappa shape index (κ3) is 3.71. The van der Waals surface area contributed by atoms with Gasteiger partial charge in [0.05, 0.1) is 10.7 Å². The summed E-state index contributed by atoms with van der Waals surface area (Å²) in [6, 6.07) is 3.13. The Morgan fingerprint density at radius 3 is 2.73 bits per heavy atom. The van der Waals surface area contributed by atoms with Crippen molar-refractivity contribution in [1.29, 1.82) is 0 Å². The van der Waals surface area contributed by atoms with E-state index in [-0.39, 0.29) is 10.6 Å². The highest BCUT2D eigenvalue weighted by molar-refractivity contribution is 7.10. The molecule has 0 saturated carbocycles. The average molecular weight is 341 g/mol. The molecule has 2 aromatic rings. The Morgan fingerprint density at radius 2 is 2.18 bits per heavy atom. The number of nitrogens with zero attached hydrogens (tertiary/aromatic N) is 2. The molecule has 1 amide bonds. The van der Waals surface area contributed by atoms with Crippen molar-refractivity contribution in [3.63, 3.8) is 0 Å². The number of aromatic nitrogens is 2. The molecule has 3 N–H and O–H groups in total. The van der Waals surface area contributed by atoms with Gasteiger partial charge in [0.1, 0.15) is 16.4 Å². The molecule has 0 aliphatic rings. The first-order valence-corrected chi connectivity index (χ1v) is 7.38. The minimum Gasteiger partial charge on any atom is -0.449 e. The van der Waals surface area contributed by atoms with E-state index in [2.05, 4.69) is 14.7 Å². The Morgan fingerprint density at radius 1 is 1.45 bits per heavy atom. The predicted octanol–water partition coefficient (Wildman–Crippen LogP) is 2.27. The summed E-state index contributed by atoms with van der Waals surface area (Å²) in [6.07, 6.45) is 0.387. The Kier molecular flexibility index (Phi) is 4.94. The number of carbonyl (C=O) groups excluding carboxylic acids is 2. The Labute approximate surface area is 135 Å². The van der Waals surface area contributed by atoms with Crippen molar-refractivity contribution in [2.45, 2.75) is 20.0 Å². The number of amides is 1. The molecule has 0 aliphatic heterocycles. The van der Waals surface area contributed by atoms with Crippen LogP contribution in [0.1, 0.15) is 23.0 Å². The zero-order valence-electron chi connectivity index (χ0n) is 11.8. The highest BCUT2D eigenvalue weighted by Gasteiger charge is 2.23. The standard InChI is InChI=1S/C13H13ClN4O3S/c1-6-10(11(15)22-18-6)13(20)21-7(2)12(19)17-9-4-3-8(14)5-16-9/h3-5,7H,15H2,1-2H3,(H,16,17,19)/t7-/m1/s1. The summed E-state index contributed by atoms with van der Waals surface area (Å²) in [4.78, 5) is 27.9. The fourth-order valence-electron chi connectivity index (χ4n) is 1.59. The molecule has 0 spiro atoms. The van der Waals surface area contributed by atoms with Crippen LogP contribution in [0, 0.1) is 6.92 Å². The summed E-state index contributed by atoms with van der Waals surface area (Å²) >= 11 is 6.71. The molecule has 0 aromatic carbocycles. The summed E-state index contributed by atoms with van der Waals surface area (Å²) in [7, 11) is 0. The quantitative estimate of drug-likeness (QED) is 0.827. The summed E-state index contributed by atoms with van der Waals surface area (Å²) in [5, 5.41) is 3.23. The lowest BCUT2D eigenvalue weighted by Gasteiger charge is -2.13. The minimum atomic E-state index is -1.01. The van der Waals surface area contributed by atoms with Gasteiger partial charge in [-0.05, 0) is 37.5 Å². The second-order valence-electron chi connectivity index (χ2n) is 4.41. The molecule has 7 nitrogen and oxygen atoms in total. The summed E-state index contributed by atoms with van der Waals surface area (Å²) in [6.45, 7) is 3.10. The first-order chi connectivity index (χ1) is 10.4. The van der Waals surface area contributed by atoms with Crippen LogP contribution in [-0.2, 0) is 9.53 Å². The van der Waals surface area contributed by atoms with Gasteiger partial charge in [-0.3, -0.25) is 4.79 Å². The van der Waals surface area contributed by atoms with E-state index < -0.39 is 18.0 Å². The van der Waals surface area contributed by atoms with Gasteiger partial charge < -0.3 is 15.8 Å². The van der Waals surface area contributed by atoms with E-state index >= 15 is 0 Å². The lowest BCUT2D eigenvalue weighted by molar-refractivity contribution is -0.123. The van der Waals surface area contributed by atoms with E-state index in [4.69, 9.17) is 22.1 Å². The van der Waals surface area contributed by atoms with Crippen LogP contribution in [0.4, 0.5) is 10.8 Å². The van der Waals surface area contributed by atoms with Crippen molar-refractivity contribution in [1.82, 2.24) is 9.36 Å². The molecule has 0 aliphatic carbocycles. The van der Waals surface area contributed by atoms with Crippen LogP contribution in [0.3, 0.4) is 0 Å². The number of aryl methyl sites for hydroxylation is 1. The minimum absolute atomic E-state index is 0.189. The van der Waals surface area contributed by atoms with Crippen molar-refractivity contribution in [2.75, 3.05) is 11.1 Å². The third-order valence-electron chi connectivity index (χ3n) is 2.72. The number of nitrogens with two attached hydrogens (primary N) is 1. The normalized spacial score (nSPS) is 11.8. The number of esters is 1. The molecule has 0 fully saturated rings. The molecule has 2 heterocycles. The molecule has 9 heteroatoms. The van der Waals surface area contributed by atoms with Crippen LogP contribution in [0.25, 0.3) is 0 Å². The average Bonchev–Trinajstić information content (AvgIpc) is 2.80. The fourth-order valence-corrected chi connectivity index (χ4v) is 2.35. The SMILES string of the molecule is Cc1nsc(N)c1C(=O)O[C@H](C)C(=O)Nc1ccc(Cl)cn1. The number of anilines is 2. The van der Waals surface area contributed by atoms with Gasteiger partial charge in [-0.1, -0.05) is 11.6 Å². The molecule has 0 bridgehead atoms. The van der Waals surface area contributed by atoms with E-state index in [0.717, 1.165) is 11.5 Å². The van der Waals surface area contributed by atoms with Gasteiger partial charge in [0, 0.05) is 6.20 Å². The van der Waals surface area contributed by atoms with Crippen LogP contribution >= 0.6 is 23.1 Å². The first kappa shape index (κ1) is 16.2. The monoisotopic (exact) mass is 340 g/mol. The number of hydrogen-bond donors (Lipinski definition) is 2. The van der Waals surface area contributed by atoms with Crippen molar-refractivity contribution in [2.24, 2.45) is 0 Å². The van der Waals surface area contributed by atoms with E-state index in [1.165, 1.54) is 13.1 Å². The Bertz CT molecular complexity index is 682. The molecule has 0 unspecified atom stereocenters. The number of pyridine rings is 1. The molecular weight excluding hydrogens is 328 g/mol. The van der Waals surface area contributed by atoms with Crippen LogP contribution in [0.15, 0.2) is 18.3 Å². The smallest absolute Gasteiger partial charge is 0.343 e. The van der Waals surface area contributed by atoms with Crippen LogP contribution in [-0.4, -0.2) is 27.3 Å². The summed E-state index contributed by atoms with van der Waals surface area (Å²) < 4.78 is 9.05.